The molecule has 1 aliphatic carbocycles. The third-order valence-corrected chi connectivity index (χ3v) is 8.08. The van der Waals surface area contributed by atoms with Crippen molar-refractivity contribution >= 4 is 11.8 Å². The molecule has 5 rings (SSSR count). The van der Waals surface area contributed by atoms with E-state index in [1.54, 1.807) is 19.1 Å². The first-order valence-corrected chi connectivity index (χ1v) is 15.0. The molecule has 0 radical (unpaired) electrons. The Bertz CT molecular complexity index is 1470. The number of rotatable bonds is 15. The minimum absolute atomic E-state index is 0.0456. The molecule has 43 heavy (non-hydrogen) atoms. The fourth-order valence-electron chi connectivity index (χ4n) is 5.65. The number of amides is 2. The van der Waals surface area contributed by atoms with E-state index in [1.807, 2.05) is 83.9 Å². The summed E-state index contributed by atoms with van der Waals surface area (Å²) in [7, 11) is 3.33. The molecule has 1 saturated carbocycles. The lowest BCUT2D eigenvalue weighted by Gasteiger charge is -2.28. The number of hydrogen-bond acceptors (Lipinski definition) is 4. The first kappa shape index (κ1) is 30.1. The smallest absolute Gasteiger partial charge is 0.242 e. The van der Waals surface area contributed by atoms with E-state index in [0.717, 1.165) is 29.0 Å². The molecular formula is C36H41N3O4. The third-order valence-electron chi connectivity index (χ3n) is 8.08. The highest BCUT2D eigenvalue weighted by molar-refractivity contribution is 5.88. The van der Waals surface area contributed by atoms with Gasteiger partial charge >= 0.3 is 0 Å². The second-order valence-electron chi connectivity index (χ2n) is 11.2. The zero-order valence-electron chi connectivity index (χ0n) is 25.1. The second kappa shape index (κ2) is 14.7. The molecule has 3 aromatic carbocycles. The van der Waals surface area contributed by atoms with Gasteiger partial charge in [-0.1, -0.05) is 72.8 Å². The van der Waals surface area contributed by atoms with Crippen LogP contribution in [0.15, 0.2) is 103 Å². The maximum absolute atomic E-state index is 14.0. The first-order chi connectivity index (χ1) is 21.1. The van der Waals surface area contributed by atoms with Gasteiger partial charge in [-0.15, -0.1) is 0 Å². The molecule has 7 nitrogen and oxygen atoms in total. The Morgan fingerprint density at radius 3 is 2.33 bits per heavy atom. The quantitative estimate of drug-likeness (QED) is 0.169. The van der Waals surface area contributed by atoms with Crippen LogP contribution in [0, 0.1) is 5.92 Å². The average molecular weight is 580 g/mol. The van der Waals surface area contributed by atoms with Gasteiger partial charge < -0.3 is 23.8 Å². The lowest BCUT2D eigenvalue weighted by Crippen LogP contribution is -2.44. The molecule has 7 heteroatoms. The van der Waals surface area contributed by atoms with Crippen molar-refractivity contribution in [3.05, 3.63) is 126 Å². The average Bonchev–Trinajstić information content (AvgIpc) is 3.74. The van der Waals surface area contributed by atoms with Crippen molar-refractivity contribution in [1.29, 1.82) is 0 Å². The number of nitrogens with zero attached hydrogens (tertiary/aromatic N) is 3. The summed E-state index contributed by atoms with van der Waals surface area (Å²) in [5, 5.41) is 0. The molecule has 4 aromatic rings. The molecule has 0 N–H and O–H groups in total. The van der Waals surface area contributed by atoms with Gasteiger partial charge in [0.15, 0.2) is 0 Å². The summed E-state index contributed by atoms with van der Waals surface area (Å²) in [6, 6.07) is 32.3. The van der Waals surface area contributed by atoms with Gasteiger partial charge in [0, 0.05) is 51.2 Å². The van der Waals surface area contributed by atoms with E-state index < -0.39 is 0 Å². The van der Waals surface area contributed by atoms with Crippen molar-refractivity contribution in [1.82, 2.24) is 14.4 Å². The van der Waals surface area contributed by atoms with E-state index in [2.05, 4.69) is 28.8 Å². The molecule has 2 atom stereocenters. The van der Waals surface area contributed by atoms with Crippen LogP contribution in [0.2, 0.25) is 0 Å². The van der Waals surface area contributed by atoms with Gasteiger partial charge in [0.05, 0.1) is 20.2 Å². The van der Waals surface area contributed by atoms with Crippen LogP contribution >= 0.6 is 0 Å². The fraction of sp³-hybridized carbons (Fsp3) is 0.333. The Morgan fingerprint density at radius 2 is 1.58 bits per heavy atom. The standard InChI is InChI=1S/C36H41N3O4/c1-42-21-11-20-38(36(41)34-23-33(34)30-15-7-4-8-16-30)27-35(40)39(24-28-12-5-3-6-13-28)26-31-17-10-19-37(31)25-29-14-9-18-32(22-29)43-2/h3-10,12-19,22,33-34H,11,20-21,23-27H2,1-2H3. The zero-order chi connectivity index (χ0) is 30.0. The summed E-state index contributed by atoms with van der Waals surface area (Å²) in [4.78, 5) is 31.4. The summed E-state index contributed by atoms with van der Waals surface area (Å²) < 4.78 is 12.8. The topological polar surface area (TPSA) is 64.0 Å². The van der Waals surface area contributed by atoms with Crippen LogP contribution < -0.4 is 4.74 Å². The van der Waals surface area contributed by atoms with E-state index in [1.165, 1.54) is 5.56 Å². The van der Waals surface area contributed by atoms with Crippen molar-refractivity contribution in [2.24, 2.45) is 5.92 Å². The van der Waals surface area contributed by atoms with Crippen molar-refractivity contribution in [2.45, 2.75) is 38.4 Å². The van der Waals surface area contributed by atoms with Crippen LogP contribution in [0.5, 0.6) is 5.75 Å². The summed E-state index contributed by atoms with van der Waals surface area (Å²) >= 11 is 0. The number of ether oxygens (including phenoxy) is 2. The van der Waals surface area contributed by atoms with Crippen molar-refractivity contribution in [2.75, 3.05) is 33.9 Å². The van der Waals surface area contributed by atoms with Crippen LogP contribution in [0.4, 0.5) is 0 Å². The Labute approximate surface area is 254 Å². The highest BCUT2D eigenvalue weighted by atomic mass is 16.5. The van der Waals surface area contributed by atoms with Gasteiger partial charge in [0.25, 0.3) is 0 Å². The van der Waals surface area contributed by atoms with Crippen molar-refractivity contribution < 1.29 is 19.1 Å². The van der Waals surface area contributed by atoms with Crippen molar-refractivity contribution in [3.63, 3.8) is 0 Å². The molecule has 224 valence electrons. The molecular weight excluding hydrogens is 538 g/mol. The highest BCUT2D eigenvalue weighted by Crippen LogP contribution is 2.48. The molecule has 0 spiro atoms. The lowest BCUT2D eigenvalue weighted by molar-refractivity contribution is -0.142. The minimum Gasteiger partial charge on any atom is -0.497 e. The molecule has 0 saturated heterocycles. The summed E-state index contributed by atoms with van der Waals surface area (Å²) in [5.41, 5.74) is 4.37. The SMILES string of the molecule is COCCCN(CC(=O)N(Cc1ccccc1)Cc1cccn1Cc1cccc(OC)c1)C(=O)C1CC1c1ccccc1. The number of hydrogen-bond donors (Lipinski definition) is 0. The van der Waals surface area contributed by atoms with Gasteiger partial charge in [0.1, 0.15) is 5.75 Å². The number of methoxy groups -OCH3 is 2. The fourth-order valence-corrected chi connectivity index (χ4v) is 5.65. The van der Waals surface area contributed by atoms with Crippen LogP contribution in [0.3, 0.4) is 0 Å². The molecule has 2 unspecified atom stereocenters. The highest BCUT2D eigenvalue weighted by Gasteiger charge is 2.46. The summed E-state index contributed by atoms with van der Waals surface area (Å²) in [6.07, 6.45) is 3.54. The van der Waals surface area contributed by atoms with E-state index >= 15 is 0 Å². The number of carbonyl (C=O) groups excluding carboxylic acids is 2. The summed E-state index contributed by atoms with van der Waals surface area (Å²) in [6.45, 7) is 2.63. The number of aromatic nitrogens is 1. The molecule has 1 fully saturated rings. The van der Waals surface area contributed by atoms with Gasteiger partial charge in [-0.25, -0.2) is 0 Å². The van der Waals surface area contributed by atoms with Gasteiger partial charge in [-0.3, -0.25) is 9.59 Å². The van der Waals surface area contributed by atoms with E-state index in [0.29, 0.717) is 39.2 Å². The molecule has 1 heterocycles. The molecule has 2 amide bonds. The van der Waals surface area contributed by atoms with E-state index in [-0.39, 0.29) is 30.2 Å². The van der Waals surface area contributed by atoms with Crippen LogP contribution in [-0.2, 0) is 34.0 Å². The van der Waals surface area contributed by atoms with Crippen LogP contribution in [-0.4, -0.2) is 60.1 Å². The Balaban J connectivity index is 1.33. The van der Waals surface area contributed by atoms with Crippen LogP contribution in [0.1, 0.15) is 41.1 Å². The first-order valence-electron chi connectivity index (χ1n) is 15.0. The minimum atomic E-state index is -0.0829. The Morgan fingerprint density at radius 1 is 0.837 bits per heavy atom. The van der Waals surface area contributed by atoms with Crippen LogP contribution in [0.25, 0.3) is 0 Å². The monoisotopic (exact) mass is 579 g/mol. The molecule has 0 bridgehead atoms. The predicted octanol–water partition coefficient (Wildman–Crippen LogP) is 5.74. The Kier molecular flexibility index (Phi) is 10.3. The Hall–Kier alpha value is -4.36. The number of carbonyl (C=O) groups is 2. The van der Waals surface area contributed by atoms with Gasteiger partial charge in [-0.2, -0.15) is 0 Å². The maximum atomic E-state index is 14.0. The van der Waals surface area contributed by atoms with E-state index in [9.17, 15) is 9.59 Å². The van der Waals surface area contributed by atoms with E-state index in [4.69, 9.17) is 9.47 Å². The van der Waals surface area contributed by atoms with Crippen molar-refractivity contribution in [3.8, 4) is 5.75 Å². The maximum Gasteiger partial charge on any atom is 0.242 e. The van der Waals surface area contributed by atoms with Gasteiger partial charge in [0.2, 0.25) is 11.8 Å². The molecule has 0 aliphatic heterocycles. The zero-order valence-corrected chi connectivity index (χ0v) is 25.1. The third kappa shape index (κ3) is 8.14. The normalized spacial score (nSPS) is 15.6. The van der Waals surface area contributed by atoms with Gasteiger partial charge in [-0.05, 0) is 59.7 Å². The second-order valence-corrected chi connectivity index (χ2v) is 11.2. The number of benzene rings is 3. The molecule has 1 aliphatic rings. The lowest BCUT2D eigenvalue weighted by atomic mass is 10.1. The molecule has 1 aromatic heterocycles. The summed E-state index contributed by atoms with van der Waals surface area (Å²) in [5.74, 6) is 0.935. The predicted molar refractivity (Wildman–Crippen MR) is 168 cm³/mol. The largest absolute Gasteiger partial charge is 0.497 e.